The van der Waals surface area contributed by atoms with E-state index in [1.807, 2.05) is 49.4 Å². The standard InChI is InChI=1S/C19H22BrN3O2/c1-13(15-9-5-6-10-16(15)20)21-19(25)22-17-11-7-4-8-14(17)12-18(24)23(2)3/h4-11,13H,12H2,1-3H3,(H2,21,22,25). The zero-order chi connectivity index (χ0) is 18.4. The third-order valence-electron chi connectivity index (χ3n) is 3.83. The van der Waals surface area contributed by atoms with Crippen LogP contribution in [0.1, 0.15) is 24.1 Å². The SMILES string of the molecule is CC(NC(=O)Nc1ccccc1CC(=O)N(C)C)c1ccccc1Br. The van der Waals surface area contributed by atoms with Crippen LogP contribution < -0.4 is 10.6 Å². The fraction of sp³-hybridized carbons (Fsp3) is 0.263. The average molecular weight is 404 g/mol. The van der Waals surface area contributed by atoms with E-state index in [-0.39, 0.29) is 24.4 Å². The Morgan fingerprint density at radius 1 is 1.08 bits per heavy atom. The van der Waals surface area contributed by atoms with Crippen LogP contribution in [0.5, 0.6) is 0 Å². The van der Waals surface area contributed by atoms with Gasteiger partial charge in [0.15, 0.2) is 0 Å². The number of rotatable bonds is 5. The van der Waals surface area contributed by atoms with E-state index in [4.69, 9.17) is 0 Å². The number of urea groups is 1. The predicted octanol–water partition coefficient (Wildman–Crippen LogP) is 3.96. The van der Waals surface area contributed by atoms with E-state index < -0.39 is 0 Å². The number of hydrogen-bond acceptors (Lipinski definition) is 2. The smallest absolute Gasteiger partial charge is 0.319 e. The molecule has 132 valence electrons. The third-order valence-corrected chi connectivity index (χ3v) is 4.55. The molecule has 6 heteroatoms. The lowest BCUT2D eigenvalue weighted by Crippen LogP contribution is -2.32. The molecule has 2 aromatic carbocycles. The first kappa shape index (κ1) is 19.0. The molecule has 0 fully saturated rings. The highest BCUT2D eigenvalue weighted by atomic mass is 79.9. The van der Waals surface area contributed by atoms with Gasteiger partial charge in [0.05, 0.1) is 12.5 Å². The minimum absolute atomic E-state index is 0.0174. The van der Waals surface area contributed by atoms with Crippen molar-refractivity contribution in [2.45, 2.75) is 19.4 Å². The zero-order valence-corrected chi connectivity index (χ0v) is 16.1. The van der Waals surface area contributed by atoms with E-state index in [2.05, 4.69) is 26.6 Å². The van der Waals surface area contributed by atoms with Gasteiger partial charge >= 0.3 is 6.03 Å². The van der Waals surface area contributed by atoms with Crippen molar-refractivity contribution in [2.75, 3.05) is 19.4 Å². The summed E-state index contributed by atoms with van der Waals surface area (Å²) in [6.07, 6.45) is 0.239. The molecule has 0 bridgehead atoms. The molecule has 0 saturated heterocycles. The largest absolute Gasteiger partial charge is 0.349 e. The van der Waals surface area contributed by atoms with Gasteiger partial charge in [0.1, 0.15) is 0 Å². The lowest BCUT2D eigenvalue weighted by molar-refractivity contribution is -0.127. The van der Waals surface area contributed by atoms with Crippen LogP contribution in [0.2, 0.25) is 0 Å². The molecule has 0 heterocycles. The van der Waals surface area contributed by atoms with Gasteiger partial charge < -0.3 is 15.5 Å². The Morgan fingerprint density at radius 2 is 1.72 bits per heavy atom. The van der Waals surface area contributed by atoms with E-state index in [1.165, 1.54) is 4.90 Å². The molecule has 0 aliphatic rings. The summed E-state index contributed by atoms with van der Waals surface area (Å²) in [4.78, 5) is 25.8. The Labute approximate surface area is 156 Å². The molecule has 0 spiro atoms. The maximum absolute atomic E-state index is 12.3. The number of benzene rings is 2. The number of para-hydroxylation sites is 1. The number of nitrogens with zero attached hydrogens (tertiary/aromatic N) is 1. The Hall–Kier alpha value is -2.34. The van der Waals surface area contributed by atoms with Gasteiger partial charge in [0, 0.05) is 24.3 Å². The quantitative estimate of drug-likeness (QED) is 0.793. The maximum atomic E-state index is 12.3. The summed E-state index contributed by atoms with van der Waals surface area (Å²) < 4.78 is 0.944. The number of halogens is 1. The Balaban J connectivity index is 2.06. The van der Waals surface area contributed by atoms with E-state index in [1.54, 1.807) is 20.2 Å². The van der Waals surface area contributed by atoms with Crippen molar-refractivity contribution in [2.24, 2.45) is 0 Å². The van der Waals surface area contributed by atoms with Gasteiger partial charge in [-0.1, -0.05) is 52.3 Å². The second-order valence-corrected chi connectivity index (χ2v) is 6.82. The maximum Gasteiger partial charge on any atom is 0.319 e. The minimum atomic E-state index is -0.312. The lowest BCUT2D eigenvalue weighted by atomic mass is 10.1. The number of carbonyl (C=O) groups is 2. The molecule has 2 rings (SSSR count). The highest BCUT2D eigenvalue weighted by Gasteiger charge is 2.14. The van der Waals surface area contributed by atoms with Crippen LogP contribution in [0.3, 0.4) is 0 Å². The van der Waals surface area contributed by atoms with Gasteiger partial charge in [0.25, 0.3) is 0 Å². The molecule has 25 heavy (non-hydrogen) atoms. The molecule has 5 nitrogen and oxygen atoms in total. The van der Waals surface area contributed by atoms with Crippen molar-refractivity contribution in [3.05, 3.63) is 64.1 Å². The summed E-state index contributed by atoms with van der Waals surface area (Å²) in [7, 11) is 3.43. The lowest BCUT2D eigenvalue weighted by Gasteiger charge is -2.18. The van der Waals surface area contributed by atoms with Gasteiger partial charge in [-0.15, -0.1) is 0 Å². The number of carbonyl (C=O) groups excluding carboxylic acids is 2. The molecule has 0 aromatic heterocycles. The fourth-order valence-corrected chi connectivity index (χ4v) is 3.00. The predicted molar refractivity (Wildman–Crippen MR) is 104 cm³/mol. The summed E-state index contributed by atoms with van der Waals surface area (Å²) in [5.41, 5.74) is 2.41. The van der Waals surface area contributed by atoms with Crippen LogP contribution in [0, 0.1) is 0 Å². The molecule has 0 saturated carbocycles. The van der Waals surface area contributed by atoms with Gasteiger partial charge in [-0.05, 0) is 30.2 Å². The van der Waals surface area contributed by atoms with Crippen LogP contribution in [-0.2, 0) is 11.2 Å². The summed E-state index contributed by atoms with van der Waals surface area (Å²) in [5, 5.41) is 5.75. The average Bonchev–Trinajstić information content (AvgIpc) is 2.56. The highest BCUT2D eigenvalue weighted by molar-refractivity contribution is 9.10. The first-order chi connectivity index (χ1) is 11.9. The summed E-state index contributed by atoms with van der Waals surface area (Å²) in [6, 6.07) is 14.6. The van der Waals surface area contributed by atoms with Crippen LogP contribution in [-0.4, -0.2) is 30.9 Å². The molecule has 0 aliphatic carbocycles. The van der Waals surface area contributed by atoms with Crippen LogP contribution in [0.15, 0.2) is 53.0 Å². The van der Waals surface area contributed by atoms with Crippen LogP contribution >= 0.6 is 15.9 Å². The fourth-order valence-electron chi connectivity index (χ4n) is 2.38. The molecule has 1 unspecified atom stereocenters. The summed E-state index contributed by atoms with van der Waals surface area (Å²) in [6.45, 7) is 1.92. The molecule has 2 N–H and O–H groups in total. The van der Waals surface area contributed by atoms with Crippen molar-refractivity contribution in [1.29, 1.82) is 0 Å². The minimum Gasteiger partial charge on any atom is -0.349 e. The summed E-state index contributed by atoms with van der Waals surface area (Å²) >= 11 is 3.49. The number of hydrogen-bond donors (Lipinski definition) is 2. The van der Waals surface area contributed by atoms with Gasteiger partial charge in [-0.2, -0.15) is 0 Å². The molecular weight excluding hydrogens is 382 g/mol. The van der Waals surface area contributed by atoms with Gasteiger partial charge in [-0.25, -0.2) is 4.79 Å². The molecule has 1 atom stereocenters. The number of nitrogens with one attached hydrogen (secondary N) is 2. The highest BCUT2D eigenvalue weighted by Crippen LogP contribution is 2.23. The van der Waals surface area contributed by atoms with E-state index in [9.17, 15) is 9.59 Å². The van der Waals surface area contributed by atoms with Crippen molar-refractivity contribution < 1.29 is 9.59 Å². The van der Waals surface area contributed by atoms with Crippen LogP contribution in [0.4, 0.5) is 10.5 Å². The second kappa shape index (κ2) is 8.67. The molecule has 0 aliphatic heterocycles. The molecular formula is C19H22BrN3O2. The Bertz CT molecular complexity index is 762. The van der Waals surface area contributed by atoms with E-state index in [0.717, 1.165) is 15.6 Å². The second-order valence-electron chi connectivity index (χ2n) is 5.96. The van der Waals surface area contributed by atoms with E-state index >= 15 is 0 Å². The third kappa shape index (κ3) is 5.32. The summed E-state index contributed by atoms with van der Waals surface area (Å²) in [5.74, 6) is -0.0174. The van der Waals surface area contributed by atoms with Crippen molar-refractivity contribution in [3.8, 4) is 0 Å². The van der Waals surface area contributed by atoms with Crippen molar-refractivity contribution >= 4 is 33.6 Å². The first-order valence-electron chi connectivity index (χ1n) is 7.98. The molecule has 0 radical (unpaired) electrons. The van der Waals surface area contributed by atoms with Crippen LogP contribution in [0.25, 0.3) is 0 Å². The topological polar surface area (TPSA) is 61.4 Å². The van der Waals surface area contributed by atoms with E-state index in [0.29, 0.717) is 5.69 Å². The monoisotopic (exact) mass is 403 g/mol. The molecule has 2 aromatic rings. The van der Waals surface area contributed by atoms with Crippen molar-refractivity contribution in [1.82, 2.24) is 10.2 Å². The Morgan fingerprint density at radius 3 is 2.40 bits per heavy atom. The Kier molecular flexibility index (Phi) is 6.58. The molecule has 3 amide bonds. The van der Waals surface area contributed by atoms with Crippen molar-refractivity contribution in [3.63, 3.8) is 0 Å². The normalized spacial score (nSPS) is 11.5. The number of anilines is 1. The zero-order valence-electron chi connectivity index (χ0n) is 14.5. The van der Waals surface area contributed by atoms with Gasteiger partial charge in [0.2, 0.25) is 5.91 Å². The number of likely N-dealkylation sites (N-methyl/N-ethyl adjacent to an activating group) is 1. The number of amides is 3. The first-order valence-corrected chi connectivity index (χ1v) is 8.77. The van der Waals surface area contributed by atoms with Gasteiger partial charge in [-0.3, -0.25) is 4.79 Å².